The second kappa shape index (κ2) is 6.71. The maximum absolute atomic E-state index is 12.1. The van der Waals surface area contributed by atoms with Gasteiger partial charge in [0, 0.05) is 12.1 Å². The fraction of sp³-hybridized carbons (Fsp3) is 0.263. The highest BCUT2D eigenvalue weighted by atomic mass is 32.1. The van der Waals surface area contributed by atoms with Gasteiger partial charge in [-0.2, -0.15) is 0 Å². The van der Waals surface area contributed by atoms with Gasteiger partial charge in [0.2, 0.25) is 5.91 Å². The fourth-order valence-electron chi connectivity index (χ4n) is 3.01. The molecule has 2 N–H and O–H groups in total. The zero-order valence-electron chi connectivity index (χ0n) is 13.3. The van der Waals surface area contributed by atoms with E-state index in [0.717, 1.165) is 42.0 Å². The Morgan fingerprint density at radius 2 is 2.04 bits per heavy atom. The average Bonchev–Trinajstić information content (AvgIpc) is 3.25. The van der Waals surface area contributed by atoms with E-state index < -0.39 is 0 Å². The Bertz CT molecular complexity index is 817. The maximum Gasteiger partial charge on any atom is 0.241 e. The Morgan fingerprint density at radius 1 is 1.21 bits per heavy atom. The number of nitrogens with one attached hydrogen (secondary N) is 2. The van der Waals surface area contributed by atoms with E-state index in [0.29, 0.717) is 0 Å². The smallest absolute Gasteiger partial charge is 0.241 e. The Balaban J connectivity index is 1.42. The lowest BCUT2D eigenvalue weighted by Gasteiger charge is -2.11. The van der Waals surface area contributed by atoms with E-state index in [4.69, 9.17) is 0 Å². The number of para-hydroxylation sites is 1. The molecule has 1 atom stereocenters. The third-order valence-electron chi connectivity index (χ3n) is 4.29. The summed E-state index contributed by atoms with van der Waals surface area (Å²) in [7, 11) is 0. The molecule has 1 amide bonds. The number of hydrogen-bond acceptors (Lipinski definition) is 4. The molecule has 1 fully saturated rings. The van der Waals surface area contributed by atoms with Crippen LogP contribution < -0.4 is 10.6 Å². The minimum Gasteiger partial charge on any atom is -0.325 e. The summed E-state index contributed by atoms with van der Waals surface area (Å²) in [6.45, 7) is 0.930. The molecule has 4 rings (SSSR count). The van der Waals surface area contributed by atoms with E-state index >= 15 is 0 Å². The van der Waals surface area contributed by atoms with Crippen LogP contribution >= 0.6 is 11.3 Å². The number of hydrogen-bond donors (Lipinski definition) is 2. The predicted octanol–water partition coefficient (Wildman–Crippen LogP) is 3.58. The first-order chi connectivity index (χ1) is 11.8. The Hall–Kier alpha value is -2.24. The number of nitrogens with zero attached hydrogens (tertiary/aromatic N) is 1. The highest BCUT2D eigenvalue weighted by molar-refractivity contribution is 7.18. The molecule has 0 aliphatic carbocycles. The van der Waals surface area contributed by atoms with Gasteiger partial charge in [0.15, 0.2) is 0 Å². The molecular weight excluding hydrogens is 318 g/mol. The van der Waals surface area contributed by atoms with Crippen LogP contribution in [0.5, 0.6) is 0 Å². The molecule has 24 heavy (non-hydrogen) atoms. The lowest BCUT2D eigenvalue weighted by molar-refractivity contribution is -0.117. The first-order valence-electron chi connectivity index (χ1n) is 8.25. The van der Waals surface area contributed by atoms with E-state index in [9.17, 15) is 4.79 Å². The zero-order valence-corrected chi connectivity index (χ0v) is 14.1. The molecule has 2 aromatic carbocycles. The minimum absolute atomic E-state index is 0.0487. The van der Waals surface area contributed by atoms with Crippen LogP contribution in [0.1, 0.15) is 23.4 Å². The number of carbonyl (C=O) groups excluding carboxylic acids is 1. The van der Waals surface area contributed by atoms with Crippen LogP contribution in [0.3, 0.4) is 0 Å². The molecule has 5 heteroatoms. The molecule has 0 bridgehead atoms. The van der Waals surface area contributed by atoms with E-state index in [2.05, 4.69) is 33.8 Å². The number of anilines is 1. The number of rotatable bonds is 4. The first-order valence-corrected chi connectivity index (χ1v) is 9.07. The second-order valence-electron chi connectivity index (χ2n) is 6.09. The van der Waals surface area contributed by atoms with Crippen molar-refractivity contribution in [1.29, 1.82) is 0 Å². The lowest BCUT2D eigenvalue weighted by Crippen LogP contribution is -2.35. The van der Waals surface area contributed by atoms with Crippen molar-refractivity contribution in [3.8, 4) is 0 Å². The van der Waals surface area contributed by atoms with Crippen molar-refractivity contribution < 1.29 is 4.79 Å². The van der Waals surface area contributed by atoms with E-state index in [1.54, 1.807) is 11.3 Å². The van der Waals surface area contributed by atoms with Gasteiger partial charge in [0.1, 0.15) is 0 Å². The fourth-order valence-corrected chi connectivity index (χ4v) is 4.02. The summed E-state index contributed by atoms with van der Waals surface area (Å²) >= 11 is 1.73. The van der Waals surface area contributed by atoms with E-state index in [1.165, 1.54) is 10.3 Å². The van der Waals surface area contributed by atoms with Crippen molar-refractivity contribution in [3.05, 3.63) is 59.1 Å². The van der Waals surface area contributed by atoms with Crippen molar-refractivity contribution in [2.45, 2.75) is 25.3 Å². The molecule has 1 saturated heterocycles. The monoisotopic (exact) mass is 337 g/mol. The van der Waals surface area contributed by atoms with Gasteiger partial charge in [-0.3, -0.25) is 4.79 Å². The third-order valence-corrected chi connectivity index (χ3v) is 5.33. The van der Waals surface area contributed by atoms with Gasteiger partial charge in [-0.1, -0.05) is 24.3 Å². The number of benzene rings is 2. The van der Waals surface area contributed by atoms with Crippen LogP contribution in [-0.2, 0) is 11.2 Å². The Labute approximate surface area is 144 Å². The summed E-state index contributed by atoms with van der Waals surface area (Å²) in [6, 6.07) is 16.2. The average molecular weight is 337 g/mol. The van der Waals surface area contributed by atoms with Crippen LogP contribution in [0, 0.1) is 0 Å². The van der Waals surface area contributed by atoms with Gasteiger partial charge in [0.25, 0.3) is 0 Å². The molecule has 0 saturated carbocycles. The summed E-state index contributed by atoms with van der Waals surface area (Å²) in [4.78, 5) is 16.8. The molecule has 1 aliphatic rings. The maximum atomic E-state index is 12.1. The molecule has 1 unspecified atom stereocenters. The normalized spacial score (nSPS) is 17.2. The van der Waals surface area contributed by atoms with Crippen molar-refractivity contribution in [1.82, 2.24) is 10.3 Å². The number of thiazole rings is 1. The number of carbonyl (C=O) groups is 1. The van der Waals surface area contributed by atoms with Crippen LogP contribution in [0.4, 0.5) is 5.69 Å². The molecule has 4 nitrogen and oxygen atoms in total. The largest absolute Gasteiger partial charge is 0.325 e. The Kier molecular flexibility index (Phi) is 4.28. The topological polar surface area (TPSA) is 54.0 Å². The molecule has 1 aliphatic heterocycles. The number of aromatic nitrogens is 1. The molecule has 0 spiro atoms. The zero-order chi connectivity index (χ0) is 16.4. The predicted molar refractivity (Wildman–Crippen MR) is 98.5 cm³/mol. The van der Waals surface area contributed by atoms with Crippen LogP contribution in [0.25, 0.3) is 10.2 Å². The summed E-state index contributed by atoms with van der Waals surface area (Å²) in [6.07, 6.45) is 2.80. The quantitative estimate of drug-likeness (QED) is 0.765. The lowest BCUT2D eigenvalue weighted by atomic mass is 10.1. The molecule has 0 radical (unpaired) electrons. The van der Waals surface area contributed by atoms with Gasteiger partial charge >= 0.3 is 0 Å². The number of amides is 1. The van der Waals surface area contributed by atoms with Crippen LogP contribution in [0.2, 0.25) is 0 Å². The highest BCUT2D eigenvalue weighted by Crippen LogP contribution is 2.24. The molecule has 1 aromatic heterocycles. The van der Waals surface area contributed by atoms with Crippen LogP contribution in [-0.4, -0.2) is 23.5 Å². The minimum atomic E-state index is -0.0487. The second-order valence-corrected chi connectivity index (χ2v) is 7.20. The van der Waals surface area contributed by atoms with Crippen LogP contribution in [0.15, 0.2) is 48.5 Å². The van der Waals surface area contributed by atoms with E-state index in [-0.39, 0.29) is 11.9 Å². The summed E-state index contributed by atoms with van der Waals surface area (Å²) in [5.74, 6) is 0.0615. The van der Waals surface area contributed by atoms with Crippen molar-refractivity contribution in [3.63, 3.8) is 0 Å². The van der Waals surface area contributed by atoms with Gasteiger partial charge in [-0.15, -0.1) is 11.3 Å². The molecule has 3 aromatic rings. The van der Waals surface area contributed by atoms with Gasteiger partial charge < -0.3 is 10.6 Å². The SMILES string of the molecule is O=C(Nc1ccc(Cc2nc3ccccc3s2)cc1)C1CCCN1. The summed E-state index contributed by atoms with van der Waals surface area (Å²) in [5.41, 5.74) is 3.11. The summed E-state index contributed by atoms with van der Waals surface area (Å²) < 4.78 is 1.22. The molecule has 122 valence electrons. The molecule has 2 heterocycles. The van der Waals surface area contributed by atoms with Gasteiger partial charge in [-0.25, -0.2) is 4.98 Å². The Morgan fingerprint density at radius 3 is 2.79 bits per heavy atom. The number of fused-ring (bicyclic) bond motifs is 1. The summed E-state index contributed by atoms with van der Waals surface area (Å²) in [5, 5.41) is 7.31. The van der Waals surface area contributed by atoms with E-state index in [1.807, 2.05) is 30.3 Å². The first kappa shape index (κ1) is 15.3. The van der Waals surface area contributed by atoms with Gasteiger partial charge in [-0.05, 0) is 49.2 Å². The third kappa shape index (κ3) is 3.32. The molecular formula is C19H19N3OS. The van der Waals surface area contributed by atoms with Crippen molar-refractivity contribution >= 4 is 33.1 Å². The van der Waals surface area contributed by atoms with Gasteiger partial charge in [0.05, 0.1) is 21.3 Å². The highest BCUT2D eigenvalue weighted by Gasteiger charge is 2.21. The standard InChI is InChI=1S/C19H19N3OS/c23-19(16-5-3-11-20-16)21-14-9-7-13(8-10-14)12-18-22-15-4-1-2-6-17(15)24-18/h1-2,4,6-10,16,20H,3,5,11-12H2,(H,21,23). The van der Waals surface area contributed by atoms with Crippen molar-refractivity contribution in [2.24, 2.45) is 0 Å². The van der Waals surface area contributed by atoms with Crippen molar-refractivity contribution in [2.75, 3.05) is 11.9 Å².